The molecule has 2 aromatic rings. The number of nitrogens with zero attached hydrogens (tertiary/aromatic N) is 2. The van der Waals surface area contributed by atoms with Gasteiger partial charge in [0.15, 0.2) is 5.76 Å². The molecule has 10 heteroatoms. The predicted molar refractivity (Wildman–Crippen MR) is 74.5 cm³/mol. The lowest BCUT2D eigenvalue weighted by Gasteiger charge is -2.07. The number of hydrazine groups is 1. The Balaban J connectivity index is 2.41. The average Bonchev–Trinajstić information content (AvgIpc) is 2.89. The third kappa shape index (κ3) is 3.01. The molecule has 9 nitrogen and oxygen atoms in total. The second-order valence-electron chi connectivity index (χ2n) is 4.00. The topological polar surface area (TPSA) is 133 Å². The molecule has 0 aliphatic rings. The van der Waals surface area contributed by atoms with Crippen molar-refractivity contribution in [3.05, 3.63) is 60.9 Å². The van der Waals surface area contributed by atoms with Crippen LogP contribution in [0.4, 0.5) is 5.69 Å². The zero-order valence-corrected chi connectivity index (χ0v) is 12.0. The Bertz CT molecular complexity index is 766. The molecule has 0 saturated heterocycles. The van der Waals surface area contributed by atoms with Crippen molar-refractivity contribution in [2.45, 2.75) is 6.54 Å². The van der Waals surface area contributed by atoms with Gasteiger partial charge in [-0.25, -0.2) is 5.84 Å². The zero-order valence-electron chi connectivity index (χ0n) is 10.4. The van der Waals surface area contributed by atoms with Crippen LogP contribution in [0, 0.1) is 10.1 Å². The van der Waals surface area contributed by atoms with E-state index in [4.69, 9.17) is 10.3 Å². The van der Waals surface area contributed by atoms with Gasteiger partial charge in [-0.15, -0.1) is 0 Å². The fraction of sp³-hybridized carbons (Fsp3) is 0.0909. The second kappa shape index (κ2) is 5.89. The van der Waals surface area contributed by atoms with E-state index in [1.807, 2.05) is 5.43 Å². The molecule has 0 unspecified atom stereocenters. The van der Waals surface area contributed by atoms with Gasteiger partial charge in [-0.05, 0) is 22.0 Å². The van der Waals surface area contributed by atoms with Gasteiger partial charge in [-0.1, -0.05) is 0 Å². The first kappa shape index (κ1) is 14.9. The van der Waals surface area contributed by atoms with E-state index in [0.29, 0.717) is 5.56 Å². The minimum absolute atomic E-state index is 0.00465. The fourth-order valence-electron chi connectivity index (χ4n) is 1.72. The minimum Gasteiger partial charge on any atom is -0.459 e. The molecule has 0 bridgehead atoms. The normalized spacial score (nSPS) is 10.4. The molecule has 0 aliphatic heterocycles. The first-order valence-electron chi connectivity index (χ1n) is 5.55. The van der Waals surface area contributed by atoms with E-state index in [1.54, 1.807) is 0 Å². The number of aromatic nitrogens is 1. The molecule has 21 heavy (non-hydrogen) atoms. The minimum atomic E-state index is -0.771. The quantitative estimate of drug-likeness (QED) is 0.359. The standard InChI is InChI=1S/C11H9BrN4O5/c12-7-4-15(5-8(9(7)17)16(19)20)3-6-1-2-21-10(6)11(18)14-13/h1-2,4-5H,3,13H2,(H,14,18). The average molecular weight is 357 g/mol. The van der Waals surface area contributed by atoms with Crippen LogP contribution in [0.2, 0.25) is 0 Å². The van der Waals surface area contributed by atoms with Crippen LogP contribution < -0.4 is 16.7 Å². The van der Waals surface area contributed by atoms with Crippen molar-refractivity contribution >= 4 is 27.5 Å². The van der Waals surface area contributed by atoms with Crippen molar-refractivity contribution in [3.63, 3.8) is 0 Å². The van der Waals surface area contributed by atoms with Gasteiger partial charge in [0.2, 0.25) is 0 Å². The van der Waals surface area contributed by atoms with E-state index in [2.05, 4.69) is 15.9 Å². The van der Waals surface area contributed by atoms with E-state index in [-0.39, 0.29) is 16.8 Å². The van der Waals surface area contributed by atoms with Crippen molar-refractivity contribution in [3.8, 4) is 0 Å². The highest BCUT2D eigenvalue weighted by molar-refractivity contribution is 9.10. The molecule has 1 amide bonds. The summed E-state index contributed by atoms with van der Waals surface area (Å²) >= 11 is 2.97. The highest BCUT2D eigenvalue weighted by Crippen LogP contribution is 2.16. The number of hydrogen-bond donors (Lipinski definition) is 2. The Morgan fingerprint density at radius 1 is 1.52 bits per heavy atom. The third-order valence-electron chi connectivity index (χ3n) is 2.65. The number of nitrogens with one attached hydrogen (secondary N) is 1. The van der Waals surface area contributed by atoms with Crippen molar-refractivity contribution in [2.75, 3.05) is 0 Å². The largest absolute Gasteiger partial charge is 0.459 e. The number of carbonyl (C=O) groups excluding carboxylic acids is 1. The summed E-state index contributed by atoms with van der Waals surface area (Å²) in [4.78, 5) is 33.1. The molecule has 2 rings (SSSR count). The van der Waals surface area contributed by atoms with Gasteiger partial charge in [-0.3, -0.25) is 25.1 Å². The molecule has 0 aromatic carbocycles. The van der Waals surface area contributed by atoms with Crippen molar-refractivity contribution in [2.24, 2.45) is 5.84 Å². The van der Waals surface area contributed by atoms with Crippen molar-refractivity contribution in [1.29, 1.82) is 0 Å². The van der Waals surface area contributed by atoms with Gasteiger partial charge in [0.05, 0.1) is 28.4 Å². The van der Waals surface area contributed by atoms with E-state index in [9.17, 15) is 19.7 Å². The molecule has 0 atom stereocenters. The SMILES string of the molecule is NNC(=O)c1occc1Cn1cc(Br)c(=O)c([N+](=O)[O-])c1. The Morgan fingerprint density at radius 2 is 2.24 bits per heavy atom. The fourth-order valence-corrected chi connectivity index (χ4v) is 2.19. The number of rotatable bonds is 4. The number of halogens is 1. The maximum atomic E-state index is 11.6. The lowest BCUT2D eigenvalue weighted by atomic mass is 10.2. The van der Waals surface area contributed by atoms with E-state index in [1.165, 1.54) is 23.1 Å². The monoisotopic (exact) mass is 356 g/mol. The van der Waals surface area contributed by atoms with E-state index in [0.717, 1.165) is 6.20 Å². The van der Waals surface area contributed by atoms with Crippen LogP contribution in [0.5, 0.6) is 0 Å². The van der Waals surface area contributed by atoms with Crippen LogP contribution >= 0.6 is 15.9 Å². The van der Waals surface area contributed by atoms with E-state index >= 15 is 0 Å². The van der Waals surface area contributed by atoms with Gasteiger partial charge in [-0.2, -0.15) is 0 Å². The van der Waals surface area contributed by atoms with Crippen molar-refractivity contribution in [1.82, 2.24) is 9.99 Å². The number of furan rings is 1. The van der Waals surface area contributed by atoms with E-state index < -0.39 is 21.9 Å². The molecule has 0 saturated carbocycles. The number of hydrogen-bond acceptors (Lipinski definition) is 6. The number of amides is 1. The summed E-state index contributed by atoms with van der Waals surface area (Å²) in [5.74, 6) is 4.40. The summed E-state index contributed by atoms with van der Waals surface area (Å²) in [6, 6.07) is 1.53. The number of pyridine rings is 1. The summed E-state index contributed by atoms with van der Waals surface area (Å²) < 4.78 is 6.45. The molecule has 110 valence electrons. The zero-order chi connectivity index (χ0) is 15.6. The van der Waals surface area contributed by atoms with Crippen LogP contribution in [-0.4, -0.2) is 15.4 Å². The van der Waals surface area contributed by atoms with Crippen LogP contribution in [0.25, 0.3) is 0 Å². The lowest BCUT2D eigenvalue weighted by Crippen LogP contribution is -2.30. The third-order valence-corrected chi connectivity index (χ3v) is 3.22. The molecule has 3 N–H and O–H groups in total. The number of nitrogen functional groups attached to an aromatic ring is 1. The Labute approximate surface area is 125 Å². The van der Waals surface area contributed by atoms with Crippen LogP contribution in [0.3, 0.4) is 0 Å². The van der Waals surface area contributed by atoms with Gasteiger partial charge in [0.1, 0.15) is 0 Å². The maximum absolute atomic E-state index is 11.6. The molecule has 0 aliphatic carbocycles. The summed E-state index contributed by atoms with van der Waals surface area (Å²) in [7, 11) is 0. The smallest absolute Gasteiger partial charge is 0.333 e. The molecular formula is C11H9BrN4O5. The summed E-state index contributed by atoms with van der Waals surface area (Å²) in [5.41, 5.74) is 1.10. The molecular weight excluding hydrogens is 348 g/mol. The van der Waals surface area contributed by atoms with Gasteiger partial charge >= 0.3 is 11.6 Å². The lowest BCUT2D eigenvalue weighted by molar-refractivity contribution is -0.386. The van der Waals surface area contributed by atoms with Gasteiger partial charge < -0.3 is 8.98 Å². The molecule has 0 radical (unpaired) electrons. The first-order chi connectivity index (χ1) is 9.93. The summed E-state index contributed by atoms with van der Waals surface area (Å²) in [6.07, 6.45) is 3.77. The first-order valence-corrected chi connectivity index (χ1v) is 6.34. The van der Waals surface area contributed by atoms with Gasteiger partial charge in [0, 0.05) is 11.8 Å². The second-order valence-corrected chi connectivity index (χ2v) is 4.85. The highest BCUT2D eigenvalue weighted by Gasteiger charge is 2.18. The van der Waals surface area contributed by atoms with Crippen LogP contribution in [0.15, 0.2) is 38.4 Å². The number of nitro groups is 1. The van der Waals surface area contributed by atoms with Crippen LogP contribution in [-0.2, 0) is 6.54 Å². The Hall–Kier alpha value is -2.46. The molecule has 0 fully saturated rings. The summed E-state index contributed by atoms with van der Waals surface area (Å²) in [5, 5.41) is 10.8. The highest BCUT2D eigenvalue weighted by atomic mass is 79.9. The number of carbonyl (C=O) groups is 1. The predicted octanol–water partition coefficient (Wildman–Crippen LogP) is 0.764. The molecule has 0 spiro atoms. The maximum Gasteiger partial charge on any atom is 0.333 e. The molecule has 2 aromatic heterocycles. The van der Waals surface area contributed by atoms with Gasteiger partial charge in [0.25, 0.3) is 5.43 Å². The van der Waals surface area contributed by atoms with Crippen LogP contribution in [0.1, 0.15) is 16.1 Å². The van der Waals surface area contributed by atoms with Crippen molar-refractivity contribution < 1.29 is 14.1 Å². The Kier molecular flexibility index (Phi) is 4.19. The number of nitrogens with two attached hydrogens (primary N) is 1. The Morgan fingerprint density at radius 3 is 2.86 bits per heavy atom. The molecule has 2 heterocycles. The summed E-state index contributed by atoms with van der Waals surface area (Å²) in [6.45, 7) is 0.0962.